The molecule has 2 aliphatic rings. The zero-order chi connectivity index (χ0) is 29.5. The highest BCUT2D eigenvalue weighted by Gasteiger charge is 2.40. The van der Waals surface area contributed by atoms with E-state index in [2.05, 4.69) is 20.5 Å². The average Bonchev–Trinajstić information content (AvgIpc) is 2.98. The van der Waals surface area contributed by atoms with E-state index in [0.29, 0.717) is 23.8 Å². The van der Waals surface area contributed by atoms with Crippen LogP contribution in [0.5, 0.6) is 0 Å². The van der Waals surface area contributed by atoms with Crippen LogP contribution in [0.1, 0.15) is 48.9 Å². The van der Waals surface area contributed by atoms with Crippen molar-refractivity contribution in [1.82, 2.24) is 25.4 Å². The largest absolute Gasteiger partial charge is 0.465 e. The number of halogens is 2. The lowest BCUT2D eigenvalue weighted by Crippen LogP contribution is -2.53. The molecule has 2 aromatic rings. The third-order valence-electron chi connectivity index (χ3n) is 7.12. The summed E-state index contributed by atoms with van der Waals surface area (Å²) in [5.41, 5.74) is 0.688. The second kappa shape index (κ2) is 13.3. The molecule has 4 rings (SSSR count). The Morgan fingerprint density at radius 3 is 2.46 bits per heavy atom. The molecule has 1 atom stereocenters. The van der Waals surface area contributed by atoms with Crippen molar-refractivity contribution in [3.8, 4) is 0 Å². The summed E-state index contributed by atoms with van der Waals surface area (Å²) in [5, 5.41) is 4.74. The second-order valence-electron chi connectivity index (χ2n) is 9.63. The van der Waals surface area contributed by atoms with E-state index in [1.165, 1.54) is 0 Å². The molecule has 4 amide bonds. The molecule has 0 bridgehead atoms. The number of nitrogens with zero attached hydrogens (tertiary/aromatic N) is 3. The Morgan fingerprint density at radius 1 is 1.07 bits per heavy atom. The minimum atomic E-state index is -1.36. The summed E-state index contributed by atoms with van der Waals surface area (Å²) in [6, 6.07) is 6.42. The predicted molar refractivity (Wildman–Crippen MR) is 141 cm³/mol. The number of hydrogen-bond acceptors (Lipinski definition) is 8. The minimum absolute atomic E-state index is 0.0111. The van der Waals surface area contributed by atoms with Crippen molar-refractivity contribution in [1.29, 1.82) is 0 Å². The molecule has 1 saturated heterocycles. The van der Waals surface area contributed by atoms with Gasteiger partial charge < -0.3 is 19.7 Å². The van der Waals surface area contributed by atoms with Gasteiger partial charge in [0.1, 0.15) is 11.4 Å². The van der Waals surface area contributed by atoms with Gasteiger partial charge >= 0.3 is 18.1 Å². The lowest BCUT2D eigenvalue weighted by Gasteiger charge is -2.33. The molecular weight excluding hydrogens is 540 g/mol. The molecule has 2 N–H and O–H groups in total. The second-order valence-corrected chi connectivity index (χ2v) is 9.63. The number of ether oxygens (including phenoxy) is 2. The van der Waals surface area contributed by atoms with Crippen LogP contribution >= 0.6 is 0 Å². The maximum Gasteiger partial charge on any atom is 0.422 e. The number of pyridine rings is 1. The Labute approximate surface area is 235 Å². The standard InChI is InChI=1S/C28H31F2N5O6/c1-40-26(37)23-24(18-8-9-19(29)20(30)16-18)32-27(38)33-25(23)35(28(39)41-2)22(36)7-5-13-34-14-10-17(11-15-34)21-6-3-4-12-31-21/h3-4,6,8-9,12,16-17,24H,5,7,10-11,13-15H2,1-2H3,(H2,32,33,38). The normalized spacial score (nSPS) is 17.9. The molecule has 11 nitrogen and oxygen atoms in total. The van der Waals surface area contributed by atoms with Crippen molar-refractivity contribution in [2.24, 2.45) is 0 Å². The number of nitrogens with one attached hydrogen (secondary N) is 2. The van der Waals surface area contributed by atoms with Crippen LogP contribution in [0.4, 0.5) is 18.4 Å². The average molecular weight is 572 g/mol. The number of likely N-dealkylation sites (tertiary alicyclic amines) is 1. The fourth-order valence-corrected chi connectivity index (χ4v) is 5.04. The minimum Gasteiger partial charge on any atom is -0.465 e. The van der Waals surface area contributed by atoms with Gasteiger partial charge in [0.05, 0.1) is 20.3 Å². The van der Waals surface area contributed by atoms with Gasteiger partial charge in [0.15, 0.2) is 11.6 Å². The van der Waals surface area contributed by atoms with Crippen molar-refractivity contribution < 1.29 is 37.4 Å². The topological polar surface area (TPSA) is 130 Å². The van der Waals surface area contributed by atoms with E-state index < -0.39 is 47.5 Å². The number of aromatic nitrogens is 1. The number of esters is 1. The third-order valence-corrected chi connectivity index (χ3v) is 7.12. The summed E-state index contributed by atoms with van der Waals surface area (Å²) in [4.78, 5) is 58.8. The van der Waals surface area contributed by atoms with E-state index >= 15 is 0 Å². The van der Waals surface area contributed by atoms with Gasteiger partial charge in [0, 0.05) is 24.2 Å². The van der Waals surface area contributed by atoms with E-state index in [9.17, 15) is 28.0 Å². The van der Waals surface area contributed by atoms with Crippen molar-refractivity contribution in [3.05, 3.63) is 76.9 Å². The number of carbonyl (C=O) groups is 4. The highest BCUT2D eigenvalue weighted by molar-refractivity contribution is 6.00. The zero-order valence-electron chi connectivity index (χ0n) is 22.7. The molecule has 0 radical (unpaired) electrons. The number of imide groups is 1. The molecule has 1 unspecified atom stereocenters. The summed E-state index contributed by atoms with van der Waals surface area (Å²) in [6.45, 7) is 2.24. The number of piperidine rings is 1. The van der Waals surface area contributed by atoms with E-state index in [0.717, 1.165) is 64.0 Å². The molecule has 1 aromatic carbocycles. The van der Waals surface area contributed by atoms with Crippen LogP contribution in [0.3, 0.4) is 0 Å². The molecule has 13 heteroatoms. The van der Waals surface area contributed by atoms with Crippen LogP contribution in [0.25, 0.3) is 0 Å². The van der Waals surface area contributed by atoms with Crippen LogP contribution < -0.4 is 10.6 Å². The van der Waals surface area contributed by atoms with Gasteiger partial charge in [-0.3, -0.25) is 15.1 Å². The maximum absolute atomic E-state index is 14.0. The molecule has 2 aliphatic heterocycles. The Kier molecular flexibility index (Phi) is 9.61. The molecular formula is C28H31F2N5O6. The first-order chi connectivity index (χ1) is 19.7. The molecule has 1 aromatic heterocycles. The van der Waals surface area contributed by atoms with Crippen molar-refractivity contribution in [3.63, 3.8) is 0 Å². The van der Waals surface area contributed by atoms with E-state index in [4.69, 9.17) is 9.47 Å². The Balaban J connectivity index is 1.51. The number of urea groups is 1. The summed E-state index contributed by atoms with van der Waals surface area (Å²) < 4.78 is 37.2. The van der Waals surface area contributed by atoms with Gasteiger partial charge in [0.2, 0.25) is 5.91 Å². The number of carbonyl (C=O) groups excluding carboxylic acids is 4. The summed E-state index contributed by atoms with van der Waals surface area (Å²) >= 11 is 0. The zero-order valence-corrected chi connectivity index (χ0v) is 22.7. The molecule has 0 aliphatic carbocycles. The van der Waals surface area contributed by atoms with Gasteiger partial charge in [0.25, 0.3) is 0 Å². The summed E-state index contributed by atoms with van der Waals surface area (Å²) in [5.74, 6) is -4.21. The highest BCUT2D eigenvalue weighted by Crippen LogP contribution is 2.31. The Bertz CT molecular complexity index is 1330. The van der Waals surface area contributed by atoms with Crippen LogP contribution in [0.2, 0.25) is 0 Å². The van der Waals surface area contributed by atoms with E-state index in [-0.39, 0.29) is 17.6 Å². The highest BCUT2D eigenvalue weighted by atomic mass is 19.2. The molecule has 0 spiro atoms. The van der Waals surface area contributed by atoms with Crippen molar-refractivity contribution >= 4 is 24.0 Å². The van der Waals surface area contributed by atoms with Crippen LogP contribution in [-0.2, 0) is 19.1 Å². The van der Waals surface area contributed by atoms with Gasteiger partial charge in [-0.05, 0) is 68.7 Å². The predicted octanol–water partition coefficient (Wildman–Crippen LogP) is 3.35. The molecule has 3 heterocycles. The number of rotatable bonds is 8. The van der Waals surface area contributed by atoms with Crippen LogP contribution in [0.15, 0.2) is 54.0 Å². The van der Waals surface area contributed by atoms with Gasteiger partial charge in [-0.25, -0.2) is 23.2 Å². The quantitative estimate of drug-likeness (QED) is 0.462. The fourth-order valence-electron chi connectivity index (χ4n) is 5.04. The SMILES string of the molecule is COC(=O)C1=C(N(C(=O)CCCN2CCC(c3ccccn3)CC2)C(=O)OC)NC(=O)NC1c1ccc(F)c(F)c1. The third kappa shape index (κ3) is 6.85. The first kappa shape index (κ1) is 29.6. The Morgan fingerprint density at radius 2 is 1.83 bits per heavy atom. The number of methoxy groups -OCH3 is 2. The lowest BCUT2D eigenvalue weighted by molar-refractivity contribution is -0.136. The molecule has 218 valence electrons. The number of benzene rings is 1. The van der Waals surface area contributed by atoms with E-state index in [1.807, 2.05) is 18.2 Å². The Hall–Kier alpha value is -4.39. The number of hydrogen-bond donors (Lipinski definition) is 2. The first-order valence-corrected chi connectivity index (χ1v) is 13.1. The van der Waals surface area contributed by atoms with Crippen molar-refractivity contribution in [2.75, 3.05) is 33.9 Å². The molecule has 41 heavy (non-hydrogen) atoms. The number of amides is 4. The summed E-state index contributed by atoms with van der Waals surface area (Å²) in [6.07, 6.45) is 2.78. The fraction of sp³-hybridized carbons (Fsp3) is 0.393. The van der Waals surface area contributed by atoms with Crippen LogP contribution in [0, 0.1) is 11.6 Å². The molecule has 1 fully saturated rings. The monoisotopic (exact) mass is 571 g/mol. The smallest absolute Gasteiger partial charge is 0.422 e. The lowest BCUT2D eigenvalue weighted by atomic mass is 9.93. The maximum atomic E-state index is 14.0. The van der Waals surface area contributed by atoms with Gasteiger partial charge in [-0.2, -0.15) is 4.90 Å². The molecule has 0 saturated carbocycles. The van der Waals surface area contributed by atoms with E-state index in [1.54, 1.807) is 6.20 Å². The van der Waals surface area contributed by atoms with Gasteiger partial charge in [-0.15, -0.1) is 0 Å². The van der Waals surface area contributed by atoms with Crippen molar-refractivity contribution in [2.45, 2.75) is 37.6 Å². The summed E-state index contributed by atoms with van der Waals surface area (Å²) in [7, 11) is 2.11. The van der Waals surface area contributed by atoms with Crippen LogP contribution in [-0.4, -0.2) is 72.6 Å². The van der Waals surface area contributed by atoms with Gasteiger partial charge in [-0.1, -0.05) is 12.1 Å². The first-order valence-electron chi connectivity index (χ1n) is 13.1.